The van der Waals surface area contributed by atoms with Crippen LogP contribution in [0.25, 0.3) is 22.1 Å². The van der Waals surface area contributed by atoms with Crippen LogP contribution in [0.4, 0.5) is 0 Å². The van der Waals surface area contributed by atoms with Crippen molar-refractivity contribution in [2.24, 2.45) is 5.92 Å². The summed E-state index contributed by atoms with van der Waals surface area (Å²) >= 11 is 0. The monoisotopic (exact) mass is 325 g/mol. The molecule has 6 heteroatoms. The number of fused-ring (bicyclic) bond motifs is 3. The molecule has 0 atom stereocenters. The lowest BCUT2D eigenvalue weighted by atomic mass is 9.90. The van der Waals surface area contributed by atoms with E-state index in [0.29, 0.717) is 12.1 Å². The van der Waals surface area contributed by atoms with Gasteiger partial charge >= 0.3 is 0 Å². The van der Waals surface area contributed by atoms with Crippen molar-refractivity contribution in [1.82, 2.24) is 24.8 Å². The van der Waals surface area contributed by atoms with Crippen molar-refractivity contribution in [3.63, 3.8) is 0 Å². The van der Waals surface area contributed by atoms with E-state index in [2.05, 4.69) is 30.9 Å². The van der Waals surface area contributed by atoms with Crippen LogP contribution in [0.3, 0.4) is 0 Å². The maximum absolute atomic E-state index is 11.9. The van der Waals surface area contributed by atoms with Gasteiger partial charge < -0.3 is 14.9 Å². The first-order valence-corrected chi connectivity index (χ1v) is 8.72. The number of rotatable bonds is 3. The summed E-state index contributed by atoms with van der Waals surface area (Å²) in [7, 11) is 0. The van der Waals surface area contributed by atoms with E-state index in [1.165, 1.54) is 0 Å². The van der Waals surface area contributed by atoms with Crippen LogP contribution in [0.2, 0.25) is 0 Å². The quantitative estimate of drug-likeness (QED) is 0.776. The Morgan fingerprint density at radius 2 is 2.08 bits per heavy atom. The molecule has 0 aromatic carbocycles. The second-order valence-electron chi connectivity index (χ2n) is 7.05. The molecular weight excluding hydrogens is 302 g/mol. The number of carbonyl (C=O) groups is 1. The highest BCUT2D eigenvalue weighted by Gasteiger charge is 2.25. The molecule has 0 aliphatic heterocycles. The van der Waals surface area contributed by atoms with Crippen LogP contribution in [0.1, 0.15) is 45.6 Å². The predicted molar refractivity (Wildman–Crippen MR) is 93.7 cm³/mol. The molecule has 3 aromatic rings. The van der Waals surface area contributed by atoms with Crippen molar-refractivity contribution in [3.8, 4) is 0 Å². The Kier molecular flexibility index (Phi) is 3.75. The van der Waals surface area contributed by atoms with Crippen LogP contribution in [-0.2, 0) is 4.79 Å². The van der Waals surface area contributed by atoms with E-state index < -0.39 is 0 Å². The predicted octanol–water partition coefficient (Wildman–Crippen LogP) is 3.17. The summed E-state index contributed by atoms with van der Waals surface area (Å²) in [6, 6.07) is 2.81. The first-order valence-electron chi connectivity index (χ1n) is 8.72. The van der Waals surface area contributed by atoms with E-state index in [4.69, 9.17) is 0 Å². The Hall–Kier alpha value is -2.37. The minimum absolute atomic E-state index is 0.0506. The van der Waals surface area contributed by atoms with E-state index in [-0.39, 0.29) is 11.8 Å². The number of H-pyrrole nitrogens is 1. The third-order valence-corrected chi connectivity index (χ3v) is 5.08. The number of carbonyl (C=O) groups excluding carboxylic acids is 1. The molecule has 0 spiro atoms. The smallest absolute Gasteiger partial charge is 0.222 e. The molecule has 3 heterocycles. The van der Waals surface area contributed by atoms with Crippen LogP contribution in [0, 0.1) is 5.92 Å². The number of aromatic amines is 1. The Bertz CT molecular complexity index is 870. The van der Waals surface area contributed by atoms with E-state index in [1.807, 2.05) is 32.6 Å². The number of pyridine rings is 1. The van der Waals surface area contributed by atoms with Gasteiger partial charge in [0.2, 0.25) is 5.91 Å². The highest BCUT2D eigenvalue weighted by atomic mass is 16.1. The van der Waals surface area contributed by atoms with E-state index in [1.54, 1.807) is 0 Å². The number of amides is 1. The molecule has 1 amide bonds. The summed E-state index contributed by atoms with van der Waals surface area (Å²) in [5, 5.41) is 4.29. The summed E-state index contributed by atoms with van der Waals surface area (Å²) < 4.78 is 2.30. The molecule has 24 heavy (non-hydrogen) atoms. The van der Waals surface area contributed by atoms with Gasteiger partial charge in [-0.1, -0.05) is 13.8 Å². The summed E-state index contributed by atoms with van der Waals surface area (Å²) in [6.45, 7) is 3.88. The lowest BCUT2D eigenvalue weighted by Gasteiger charge is -2.30. The summed E-state index contributed by atoms with van der Waals surface area (Å²) in [6.07, 6.45) is 9.85. The van der Waals surface area contributed by atoms with Gasteiger partial charge in [0.05, 0.1) is 18.0 Å². The molecule has 0 bridgehead atoms. The number of nitrogens with one attached hydrogen (secondary N) is 2. The summed E-state index contributed by atoms with van der Waals surface area (Å²) in [4.78, 5) is 24.0. The van der Waals surface area contributed by atoms with Crippen molar-refractivity contribution in [3.05, 3.63) is 24.8 Å². The van der Waals surface area contributed by atoms with Gasteiger partial charge in [0.15, 0.2) is 0 Å². The van der Waals surface area contributed by atoms with Crippen LogP contribution < -0.4 is 5.32 Å². The summed E-state index contributed by atoms with van der Waals surface area (Å²) in [5.41, 5.74) is 3.01. The van der Waals surface area contributed by atoms with Gasteiger partial charge in [0, 0.05) is 29.6 Å². The third kappa shape index (κ3) is 2.56. The highest BCUT2D eigenvalue weighted by Crippen LogP contribution is 2.33. The minimum Gasteiger partial charge on any atom is -0.353 e. The number of hydrogen-bond acceptors (Lipinski definition) is 3. The fourth-order valence-corrected chi connectivity index (χ4v) is 3.67. The fourth-order valence-electron chi connectivity index (χ4n) is 3.67. The zero-order valence-corrected chi connectivity index (χ0v) is 14.1. The first-order chi connectivity index (χ1) is 11.6. The van der Waals surface area contributed by atoms with Crippen LogP contribution in [-0.4, -0.2) is 31.5 Å². The normalized spacial score (nSPS) is 21.6. The van der Waals surface area contributed by atoms with Crippen LogP contribution >= 0.6 is 0 Å². The Labute approximate surface area is 140 Å². The van der Waals surface area contributed by atoms with Crippen molar-refractivity contribution >= 4 is 28.0 Å². The lowest BCUT2D eigenvalue weighted by molar-refractivity contribution is -0.124. The number of nitrogens with zero attached hydrogens (tertiary/aromatic N) is 3. The van der Waals surface area contributed by atoms with Gasteiger partial charge in [-0.25, -0.2) is 9.97 Å². The van der Waals surface area contributed by atoms with Crippen molar-refractivity contribution in [1.29, 1.82) is 0 Å². The zero-order chi connectivity index (χ0) is 16.7. The molecule has 6 nitrogen and oxygen atoms in total. The Morgan fingerprint density at radius 1 is 1.29 bits per heavy atom. The van der Waals surface area contributed by atoms with Crippen LogP contribution in [0.15, 0.2) is 24.8 Å². The maximum atomic E-state index is 11.9. The lowest BCUT2D eigenvalue weighted by Crippen LogP contribution is -2.39. The Balaban J connectivity index is 1.55. The van der Waals surface area contributed by atoms with Crippen molar-refractivity contribution in [2.45, 2.75) is 51.6 Å². The van der Waals surface area contributed by atoms with E-state index in [9.17, 15) is 4.79 Å². The molecule has 2 N–H and O–H groups in total. The molecule has 1 aliphatic carbocycles. The van der Waals surface area contributed by atoms with Gasteiger partial charge in [-0.3, -0.25) is 4.79 Å². The zero-order valence-electron chi connectivity index (χ0n) is 14.1. The average Bonchev–Trinajstić information content (AvgIpc) is 3.21. The van der Waals surface area contributed by atoms with Crippen LogP contribution in [0.5, 0.6) is 0 Å². The van der Waals surface area contributed by atoms with Gasteiger partial charge in [0.1, 0.15) is 11.2 Å². The van der Waals surface area contributed by atoms with Gasteiger partial charge in [0.25, 0.3) is 0 Å². The minimum atomic E-state index is 0.0506. The number of imidazole rings is 1. The van der Waals surface area contributed by atoms with E-state index in [0.717, 1.165) is 47.8 Å². The molecule has 126 valence electrons. The van der Waals surface area contributed by atoms with Crippen molar-refractivity contribution < 1.29 is 4.79 Å². The van der Waals surface area contributed by atoms with E-state index >= 15 is 0 Å². The third-order valence-electron chi connectivity index (χ3n) is 5.08. The first kappa shape index (κ1) is 15.2. The molecule has 4 rings (SSSR count). The van der Waals surface area contributed by atoms with Crippen molar-refractivity contribution in [2.75, 3.05) is 0 Å². The maximum Gasteiger partial charge on any atom is 0.222 e. The topological polar surface area (TPSA) is 75.6 Å². The molecule has 0 saturated heterocycles. The molecule has 1 fully saturated rings. The second kappa shape index (κ2) is 5.92. The number of hydrogen-bond donors (Lipinski definition) is 2. The molecule has 0 radical (unpaired) electrons. The molecule has 1 saturated carbocycles. The average molecular weight is 325 g/mol. The van der Waals surface area contributed by atoms with Gasteiger partial charge in [-0.15, -0.1) is 0 Å². The second-order valence-corrected chi connectivity index (χ2v) is 7.05. The fraction of sp³-hybridized carbons (Fsp3) is 0.500. The highest BCUT2D eigenvalue weighted by molar-refractivity contribution is 6.00. The molecule has 0 unspecified atom stereocenters. The Morgan fingerprint density at radius 3 is 2.83 bits per heavy atom. The van der Waals surface area contributed by atoms with Gasteiger partial charge in [-0.05, 0) is 31.7 Å². The van der Waals surface area contributed by atoms with Gasteiger partial charge in [-0.2, -0.15) is 0 Å². The molecule has 3 aromatic heterocycles. The standard InChI is InChI=1S/C18H23N5O/c1-11(2)18(24)22-12-3-5-13(6-4-12)23-10-21-15-9-20-17-14(16(15)23)7-8-19-17/h7-13H,3-6H2,1-2H3,(H,19,20)(H,22,24)/t12-,13-. The largest absolute Gasteiger partial charge is 0.353 e. The molecule has 1 aliphatic rings. The number of aromatic nitrogens is 4. The molecular formula is C18H23N5O. The SMILES string of the molecule is CC(C)C(=O)N[C@H]1CC[C@H](n2cnc3cnc4[nH]ccc4c32)CC1. The summed E-state index contributed by atoms with van der Waals surface area (Å²) in [5.74, 6) is 0.210.